The van der Waals surface area contributed by atoms with Crippen LogP contribution >= 0.6 is 34.9 Å². The molecule has 1 aliphatic heterocycles. The monoisotopic (exact) mass is 368 g/mol. The molecule has 1 atom stereocenters. The minimum atomic E-state index is -0.0511. The number of unbranched alkanes of at least 4 members (excludes halogenated alkanes) is 1. The van der Waals surface area contributed by atoms with Gasteiger partial charge in [0, 0.05) is 16.7 Å². The molecule has 0 spiro atoms. The molecule has 3 heterocycles. The zero-order valence-corrected chi connectivity index (χ0v) is 16.7. The molecule has 0 aliphatic carbocycles. The van der Waals surface area contributed by atoms with Crippen molar-refractivity contribution in [1.29, 1.82) is 0 Å². The van der Waals surface area contributed by atoms with E-state index in [0.717, 1.165) is 28.6 Å². The van der Waals surface area contributed by atoms with E-state index in [2.05, 4.69) is 20.8 Å². The van der Waals surface area contributed by atoms with Gasteiger partial charge in [-0.3, -0.25) is 0 Å². The average Bonchev–Trinajstić information content (AvgIpc) is 2.92. The second-order valence-electron chi connectivity index (χ2n) is 6.17. The Labute approximate surface area is 151 Å². The fourth-order valence-electron chi connectivity index (χ4n) is 2.76. The smallest absolute Gasteiger partial charge is 0.189 e. The fraction of sp³-hybridized carbons (Fsp3) is 0.647. The molecule has 0 unspecified atom stereocenters. The first-order valence-electron chi connectivity index (χ1n) is 8.23. The minimum Gasteiger partial charge on any atom is -0.369 e. The molecule has 2 aromatic heterocycles. The molecule has 0 saturated carbocycles. The largest absolute Gasteiger partial charge is 0.369 e. The van der Waals surface area contributed by atoms with E-state index in [1.54, 1.807) is 23.1 Å². The predicted octanol–water partition coefficient (Wildman–Crippen LogP) is 5.55. The van der Waals surface area contributed by atoms with Crippen LogP contribution in [0.25, 0.3) is 10.2 Å². The van der Waals surface area contributed by atoms with Gasteiger partial charge in [-0.25, -0.2) is 9.97 Å². The molecule has 23 heavy (non-hydrogen) atoms. The first-order valence-corrected chi connectivity index (χ1v) is 11.3. The number of hydrogen-bond donors (Lipinski definition) is 0. The number of rotatable bonds is 6. The summed E-state index contributed by atoms with van der Waals surface area (Å²) >= 11 is 5.31. The summed E-state index contributed by atoms with van der Waals surface area (Å²) in [6.45, 7) is 7.38. The van der Waals surface area contributed by atoms with E-state index in [1.807, 2.05) is 18.0 Å². The van der Waals surface area contributed by atoms with Crippen LogP contribution in [0.1, 0.15) is 50.5 Å². The van der Waals surface area contributed by atoms with Gasteiger partial charge in [0.15, 0.2) is 5.16 Å². The SMILES string of the molecule is CCCCSc1nc(SC)nc2sc3c(c12)C[C@@](C)(CC)OC3. The van der Waals surface area contributed by atoms with Crippen molar-refractivity contribution in [3.05, 3.63) is 10.4 Å². The lowest BCUT2D eigenvalue weighted by Crippen LogP contribution is -2.33. The summed E-state index contributed by atoms with van der Waals surface area (Å²) in [5.74, 6) is 1.13. The molecule has 1 aliphatic rings. The first-order chi connectivity index (χ1) is 11.1. The van der Waals surface area contributed by atoms with Crippen molar-refractivity contribution < 1.29 is 4.74 Å². The Balaban J connectivity index is 2.07. The van der Waals surface area contributed by atoms with Crippen molar-refractivity contribution in [2.75, 3.05) is 12.0 Å². The molecule has 0 amide bonds. The lowest BCUT2D eigenvalue weighted by Gasteiger charge is -2.33. The zero-order valence-electron chi connectivity index (χ0n) is 14.3. The van der Waals surface area contributed by atoms with Crippen LogP contribution in [-0.2, 0) is 17.8 Å². The molecule has 0 N–H and O–H groups in total. The van der Waals surface area contributed by atoms with Gasteiger partial charge in [0.1, 0.15) is 9.86 Å². The molecule has 0 bridgehead atoms. The molecular formula is C17H24N2OS3. The molecule has 3 nitrogen and oxygen atoms in total. The van der Waals surface area contributed by atoms with E-state index in [9.17, 15) is 0 Å². The van der Waals surface area contributed by atoms with E-state index in [0.29, 0.717) is 6.61 Å². The highest BCUT2D eigenvalue weighted by Gasteiger charge is 2.33. The Kier molecular flexibility index (Phi) is 5.56. The molecule has 126 valence electrons. The van der Waals surface area contributed by atoms with Gasteiger partial charge in [0.2, 0.25) is 0 Å². The van der Waals surface area contributed by atoms with Gasteiger partial charge < -0.3 is 4.74 Å². The van der Waals surface area contributed by atoms with Crippen molar-refractivity contribution in [1.82, 2.24) is 9.97 Å². The summed E-state index contributed by atoms with van der Waals surface area (Å²) in [4.78, 5) is 12.1. The second-order valence-corrected chi connectivity index (χ2v) is 9.11. The van der Waals surface area contributed by atoms with E-state index >= 15 is 0 Å². The summed E-state index contributed by atoms with van der Waals surface area (Å²) in [5, 5.41) is 3.35. The van der Waals surface area contributed by atoms with Crippen molar-refractivity contribution in [2.24, 2.45) is 0 Å². The Hall–Kier alpha value is -0.300. The lowest BCUT2D eigenvalue weighted by molar-refractivity contribution is -0.0543. The third-order valence-corrected chi connectivity index (χ3v) is 7.16. The Morgan fingerprint density at radius 1 is 1.30 bits per heavy atom. The van der Waals surface area contributed by atoms with Gasteiger partial charge >= 0.3 is 0 Å². The van der Waals surface area contributed by atoms with Crippen LogP contribution in [0.3, 0.4) is 0 Å². The number of fused-ring (bicyclic) bond motifs is 3. The van der Waals surface area contributed by atoms with Crippen LogP contribution in [0, 0.1) is 0 Å². The predicted molar refractivity (Wildman–Crippen MR) is 102 cm³/mol. The molecule has 3 rings (SSSR count). The van der Waals surface area contributed by atoms with Crippen molar-refractivity contribution in [3.63, 3.8) is 0 Å². The van der Waals surface area contributed by atoms with Crippen LogP contribution in [0.4, 0.5) is 0 Å². The maximum Gasteiger partial charge on any atom is 0.189 e. The summed E-state index contributed by atoms with van der Waals surface area (Å²) in [5.41, 5.74) is 1.39. The van der Waals surface area contributed by atoms with Crippen molar-refractivity contribution in [3.8, 4) is 0 Å². The maximum atomic E-state index is 6.12. The molecule has 6 heteroatoms. The standard InChI is InChI=1S/C17H24N2OS3/c1-5-7-8-22-14-13-11-9-17(3,6-2)20-10-12(11)23-15(13)19-16(18-14)21-4/h5-10H2,1-4H3/t17-/m1/s1. The minimum absolute atomic E-state index is 0.0511. The number of ether oxygens (including phenoxy) is 1. The van der Waals surface area contributed by atoms with Crippen LogP contribution in [-0.4, -0.2) is 27.6 Å². The van der Waals surface area contributed by atoms with Gasteiger partial charge in [-0.05, 0) is 37.3 Å². The Bertz CT molecular complexity index is 701. The normalized spacial score (nSPS) is 20.9. The maximum absolute atomic E-state index is 6.12. The molecule has 2 aromatic rings. The van der Waals surface area contributed by atoms with E-state index < -0.39 is 0 Å². The van der Waals surface area contributed by atoms with Gasteiger partial charge in [-0.15, -0.1) is 23.1 Å². The van der Waals surface area contributed by atoms with Crippen LogP contribution < -0.4 is 0 Å². The van der Waals surface area contributed by atoms with E-state index in [-0.39, 0.29) is 5.60 Å². The third-order valence-electron chi connectivity index (χ3n) is 4.45. The number of nitrogens with zero attached hydrogens (tertiary/aromatic N) is 2. The van der Waals surface area contributed by atoms with Crippen LogP contribution in [0.15, 0.2) is 10.2 Å². The summed E-state index contributed by atoms with van der Waals surface area (Å²) in [7, 11) is 0. The van der Waals surface area contributed by atoms with Gasteiger partial charge in [0.25, 0.3) is 0 Å². The number of thioether (sulfide) groups is 2. The highest BCUT2D eigenvalue weighted by Crippen LogP contribution is 2.43. The van der Waals surface area contributed by atoms with E-state index in [4.69, 9.17) is 14.7 Å². The summed E-state index contributed by atoms with van der Waals surface area (Å²) in [6, 6.07) is 0. The number of aromatic nitrogens is 2. The van der Waals surface area contributed by atoms with Crippen molar-refractivity contribution in [2.45, 2.75) is 68.8 Å². The Morgan fingerprint density at radius 3 is 2.83 bits per heavy atom. The van der Waals surface area contributed by atoms with Crippen molar-refractivity contribution >= 4 is 45.1 Å². The highest BCUT2D eigenvalue weighted by molar-refractivity contribution is 7.99. The molecule has 0 radical (unpaired) electrons. The summed E-state index contributed by atoms with van der Waals surface area (Å²) < 4.78 is 6.12. The van der Waals surface area contributed by atoms with Gasteiger partial charge in [-0.2, -0.15) is 0 Å². The topological polar surface area (TPSA) is 35.0 Å². The highest BCUT2D eigenvalue weighted by atomic mass is 32.2. The number of hydrogen-bond acceptors (Lipinski definition) is 6. The molecule has 0 fully saturated rings. The quantitative estimate of drug-likeness (QED) is 0.289. The van der Waals surface area contributed by atoms with Gasteiger partial charge in [0.05, 0.1) is 12.2 Å². The third kappa shape index (κ3) is 3.55. The summed E-state index contributed by atoms with van der Waals surface area (Å²) in [6.07, 6.45) is 6.51. The number of thiophene rings is 1. The average molecular weight is 369 g/mol. The van der Waals surface area contributed by atoms with Crippen LogP contribution in [0.2, 0.25) is 0 Å². The van der Waals surface area contributed by atoms with Crippen LogP contribution in [0.5, 0.6) is 0 Å². The molecule has 0 aromatic carbocycles. The molecular weight excluding hydrogens is 344 g/mol. The zero-order chi connectivity index (χ0) is 16.4. The molecule has 0 saturated heterocycles. The fourth-order valence-corrected chi connectivity index (χ4v) is 5.55. The van der Waals surface area contributed by atoms with E-state index in [1.165, 1.54) is 33.7 Å². The second kappa shape index (κ2) is 7.30. The first kappa shape index (κ1) is 17.5. The Morgan fingerprint density at radius 2 is 2.13 bits per heavy atom. The van der Waals surface area contributed by atoms with Gasteiger partial charge in [-0.1, -0.05) is 32.0 Å². The lowest BCUT2D eigenvalue weighted by atomic mass is 9.90.